The Morgan fingerprint density at radius 2 is 1.80 bits per heavy atom. The molecule has 0 aliphatic carbocycles. The minimum absolute atomic E-state index is 0. The number of nitrogens with one attached hydrogen (secondary N) is 2. The molecule has 0 unspecified atom stereocenters. The van der Waals surface area contributed by atoms with E-state index in [0.717, 1.165) is 0 Å². The highest BCUT2D eigenvalue weighted by atomic mass is 127. The molecule has 2 N–H and O–H groups in total. The predicted molar refractivity (Wildman–Crippen MR) is 116 cm³/mol. The predicted octanol–water partition coefficient (Wildman–Crippen LogP) is 3.24. The Morgan fingerprint density at radius 1 is 1.20 bits per heavy atom. The van der Waals surface area contributed by atoms with Gasteiger partial charge in [-0.25, -0.2) is 8.42 Å². The van der Waals surface area contributed by atoms with Crippen molar-refractivity contribution in [3.05, 3.63) is 27.2 Å². The van der Waals surface area contributed by atoms with Crippen LogP contribution in [0.3, 0.4) is 0 Å². The van der Waals surface area contributed by atoms with Gasteiger partial charge in [0.05, 0.1) is 28.9 Å². The number of rotatable bonds is 8. The lowest BCUT2D eigenvalue weighted by atomic mass is 10.3. The van der Waals surface area contributed by atoms with Gasteiger partial charge in [-0.2, -0.15) is 0 Å². The number of hydrogen-bond acceptors (Lipinski definition) is 4. The van der Waals surface area contributed by atoms with Crippen molar-refractivity contribution in [2.75, 3.05) is 38.2 Å². The van der Waals surface area contributed by atoms with Gasteiger partial charge in [0.2, 0.25) is 0 Å². The van der Waals surface area contributed by atoms with Gasteiger partial charge < -0.3 is 15.4 Å². The van der Waals surface area contributed by atoms with Crippen molar-refractivity contribution in [1.82, 2.24) is 10.6 Å². The summed E-state index contributed by atoms with van der Waals surface area (Å²) < 4.78 is 27.8. The Bertz CT molecular complexity index is 664. The maximum absolute atomic E-state index is 11.1. The smallest absolute Gasteiger partial charge is 0.191 e. The van der Waals surface area contributed by atoms with Crippen molar-refractivity contribution in [3.8, 4) is 5.75 Å². The van der Waals surface area contributed by atoms with Crippen LogP contribution in [0.4, 0.5) is 0 Å². The molecule has 0 saturated heterocycles. The monoisotopic (exact) mass is 543 g/mol. The third kappa shape index (κ3) is 10.5. The summed E-state index contributed by atoms with van der Waals surface area (Å²) in [5.74, 6) is 0.873. The summed E-state index contributed by atoms with van der Waals surface area (Å²) in [5.41, 5.74) is 0. The van der Waals surface area contributed by atoms with Gasteiger partial charge >= 0.3 is 0 Å². The Labute approximate surface area is 180 Å². The number of benzene rings is 1. The standard InChI is InChI=1S/C14H20Cl3N3O3S.HI/c1-3-18-14(20-5-7-24(2,21)22)19-4-6-23-13-11(16)8-10(15)9-12(13)17;/h8-9H,3-7H2,1-2H3,(H2,18,19,20);1H. The first-order valence-electron chi connectivity index (χ1n) is 7.20. The van der Waals surface area contributed by atoms with Crippen molar-refractivity contribution in [2.45, 2.75) is 6.92 Å². The molecule has 1 aromatic carbocycles. The summed E-state index contributed by atoms with van der Waals surface area (Å²) in [7, 11) is -3.04. The second-order valence-electron chi connectivity index (χ2n) is 4.86. The summed E-state index contributed by atoms with van der Waals surface area (Å²) in [6, 6.07) is 3.10. The molecule has 11 heteroatoms. The summed E-state index contributed by atoms with van der Waals surface area (Å²) in [5, 5.41) is 7.15. The molecule has 6 nitrogen and oxygen atoms in total. The highest BCUT2D eigenvalue weighted by molar-refractivity contribution is 14.0. The number of hydrogen-bond donors (Lipinski definition) is 2. The van der Waals surface area contributed by atoms with Crippen molar-refractivity contribution in [3.63, 3.8) is 0 Å². The molecule has 0 spiro atoms. The van der Waals surface area contributed by atoms with Gasteiger partial charge in [-0.15, -0.1) is 24.0 Å². The van der Waals surface area contributed by atoms with E-state index >= 15 is 0 Å². The fourth-order valence-electron chi connectivity index (χ4n) is 1.65. The van der Waals surface area contributed by atoms with E-state index in [1.54, 1.807) is 12.1 Å². The van der Waals surface area contributed by atoms with Gasteiger partial charge in [-0.05, 0) is 19.1 Å². The third-order valence-corrected chi connectivity index (χ3v) is 4.38. The average Bonchev–Trinajstić information content (AvgIpc) is 2.44. The molecule has 0 amide bonds. The number of halogens is 4. The third-order valence-electron chi connectivity index (χ3n) is 2.68. The number of nitrogens with zero attached hydrogens (tertiary/aromatic N) is 1. The van der Waals surface area contributed by atoms with Gasteiger partial charge in [0.15, 0.2) is 11.7 Å². The Balaban J connectivity index is 0.00000576. The van der Waals surface area contributed by atoms with E-state index in [9.17, 15) is 8.42 Å². The van der Waals surface area contributed by atoms with Gasteiger partial charge in [0.25, 0.3) is 0 Å². The lowest BCUT2D eigenvalue weighted by Crippen LogP contribution is -2.39. The number of guanidine groups is 1. The summed E-state index contributed by atoms with van der Waals surface area (Å²) in [4.78, 5) is 4.18. The van der Waals surface area contributed by atoms with Gasteiger partial charge in [-0.1, -0.05) is 34.8 Å². The molecule has 0 aliphatic heterocycles. The topological polar surface area (TPSA) is 79.8 Å². The minimum atomic E-state index is -3.04. The second kappa shape index (κ2) is 12.3. The normalized spacial score (nSPS) is 11.6. The van der Waals surface area contributed by atoms with Crippen molar-refractivity contribution in [1.29, 1.82) is 0 Å². The highest BCUT2D eigenvalue weighted by Gasteiger charge is 2.09. The average molecular weight is 545 g/mol. The van der Waals surface area contributed by atoms with Crippen LogP contribution in [0.5, 0.6) is 5.75 Å². The molecule has 0 saturated carbocycles. The lowest BCUT2D eigenvalue weighted by Gasteiger charge is -2.13. The molecule has 0 bridgehead atoms. The van der Waals surface area contributed by atoms with Crippen molar-refractivity contribution < 1.29 is 13.2 Å². The van der Waals surface area contributed by atoms with E-state index in [1.807, 2.05) is 6.92 Å². The molecular formula is C14H21Cl3IN3O3S. The second-order valence-corrected chi connectivity index (χ2v) is 8.37. The first kappa shape index (κ1) is 24.8. The molecular weight excluding hydrogens is 524 g/mol. The van der Waals surface area contributed by atoms with E-state index in [-0.39, 0.29) is 42.9 Å². The van der Waals surface area contributed by atoms with Crippen LogP contribution in [0.25, 0.3) is 0 Å². The van der Waals surface area contributed by atoms with Crippen molar-refractivity contribution >= 4 is 74.6 Å². The van der Waals surface area contributed by atoms with E-state index in [2.05, 4.69) is 15.6 Å². The Kier molecular flexibility index (Phi) is 12.2. The Morgan fingerprint density at radius 3 is 2.32 bits per heavy atom. The zero-order valence-electron chi connectivity index (χ0n) is 13.8. The first-order valence-corrected chi connectivity index (χ1v) is 10.4. The van der Waals surface area contributed by atoms with Crippen LogP contribution in [0.1, 0.15) is 6.92 Å². The summed E-state index contributed by atoms with van der Waals surface area (Å²) in [6.45, 7) is 3.47. The number of sulfone groups is 1. The molecule has 0 aliphatic rings. The largest absolute Gasteiger partial charge is 0.489 e. The lowest BCUT2D eigenvalue weighted by molar-refractivity contribution is 0.322. The van der Waals surface area contributed by atoms with Gasteiger partial charge in [-0.3, -0.25) is 4.99 Å². The van der Waals surface area contributed by atoms with Crippen LogP contribution in [0, 0.1) is 0 Å². The molecule has 0 fully saturated rings. The molecule has 25 heavy (non-hydrogen) atoms. The Hall–Kier alpha value is -0.160. The zero-order chi connectivity index (χ0) is 18.2. The van der Waals surface area contributed by atoms with E-state index in [1.165, 1.54) is 6.26 Å². The maximum Gasteiger partial charge on any atom is 0.191 e. The summed E-state index contributed by atoms with van der Waals surface area (Å²) >= 11 is 17.9. The van der Waals surface area contributed by atoms with E-state index in [0.29, 0.717) is 39.9 Å². The molecule has 0 atom stereocenters. The van der Waals surface area contributed by atoms with Gasteiger partial charge in [0.1, 0.15) is 16.4 Å². The van der Waals surface area contributed by atoms with Crippen molar-refractivity contribution in [2.24, 2.45) is 4.99 Å². The van der Waals surface area contributed by atoms with Gasteiger partial charge in [0, 0.05) is 17.8 Å². The van der Waals surface area contributed by atoms with Crippen LogP contribution in [0.2, 0.25) is 15.1 Å². The van der Waals surface area contributed by atoms with Crippen LogP contribution in [-0.4, -0.2) is 52.6 Å². The summed E-state index contributed by atoms with van der Waals surface area (Å²) in [6.07, 6.45) is 1.18. The highest BCUT2D eigenvalue weighted by Crippen LogP contribution is 2.35. The van der Waals surface area contributed by atoms with Crippen LogP contribution in [0.15, 0.2) is 17.1 Å². The van der Waals surface area contributed by atoms with E-state index < -0.39 is 9.84 Å². The maximum atomic E-state index is 11.1. The number of ether oxygens (including phenoxy) is 1. The fraction of sp³-hybridized carbons (Fsp3) is 0.500. The first-order chi connectivity index (χ1) is 11.2. The minimum Gasteiger partial charge on any atom is -0.489 e. The van der Waals surface area contributed by atoms with E-state index in [4.69, 9.17) is 39.5 Å². The quantitative estimate of drug-likeness (QED) is 0.227. The number of aliphatic imine (C=N–C) groups is 1. The SMILES string of the molecule is CCNC(=NCCS(C)(=O)=O)NCCOc1c(Cl)cc(Cl)cc1Cl.I. The van der Waals surface area contributed by atoms with Crippen LogP contribution >= 0.6 is 58.8 Å². The molecule has 0 aromatic heterocycles. The molecule has 0 radical (unpaired) electrons. The molecule has 0 heterocycles. The van der Waals surface area contributed by atoms with Crippen LogP contribution < -0.4 is 15.4 Å². The molecule has 1 rings (SSSR count). The fourth-order valence-corrected chi connectivity index (χ4v) is 3.00. The molecule has 144 valence electrons. The van der Waals surface area contributed by atoms with Crippen LogP contribution in [-0.2, 0) is 9.84 Å². The molecule has 1 aromatic rings. The zero-order valence-corrected chi connectivity index (χ0v) is 19.2.